The van der Waals surface area contributed by atoms with E-state index in [0.717, 1.165) is 23.0 Å². The van der Waals surface area contributed by atoms with Crippen LogP contribution in [0.4, 0.5) is 5.69 Å². The lowest BCUT2D eigenvalue weighted by Crippen LogP contribution is -2.06. The molecule has 0 fully saturated rings. The number of nitrogens with one attached hydrogen (secondary N) is 2. The van der Waals surface area contributed by atoms with Crippen LogP contribution in [-0.2, 0) is 6.42 Å². The van der Waals surface area contributed by atoms with Crippen LogP contribution in [0.15, 0.2) is 35.1 Å². The summed E-state index contributed by atoms with van der Waals surface area (Å²) in [6.45, 7) is 0. The first-order chi connectivity index (χ1) is 7.83. The first kappa shape index (κ1) is 9.90. The zero-order valence-electron chi connectivity index (χ0n) is 8.70. The lowest BCUT2D eigenvalue weighted by molar-refractivity contribution is 0.762. The number of rotatable bonds is 2. The molecule has 1 aromatic heterocycles. The summed E-state index contributed by atoms with van der Waals surface area (Å²) < 4.78 is 1.16. The molecule has 0 amide bonds. The Bertz CT molecular complexity index is 493. The van der Waals surface area contributed by atoms with Crippen molar-refractivity contribution in [1.29, 1.82) is 0 Å². The van der Waals surface area contributed by atoms with Gasteiger partial charge in [-0.1, -0.05) is 22.0 Å². The van der Waals surface area contributed by atoms with Crippen molar-refractivity contribution in [2.45, 2.75) is 18.9 Å². The monoisotopic (exact) mass is 277 g/mol. The topological polar surface area (TPSA) is 40.7 Å². The lowest BCUT2D eigenvalue weighted by Gasteiger charge is -2.13. The Morgan fingerprint density at radius 2 is 2.38 bits per heavy atom. The molecule has 1 atom stereocenters. The molecule has 0 radical (unpaired) electrons. The molecule has 82 valence electrons. The molecule has 0 aliphatic heterocycles. The molecule has 1 unspecified atom stereocenters. The van der Waals surface area contributed by atoms with Crippen molar-refractivity contribution in [2.24, 2.45) is 0 Å². The van der Waals surface area contributed by atoms with Crippen LogP contribution in [0.25, 0.3) is 0 Å². The van der Waals surface area contributed by atoms with Crippen LogP contribution in [0.3, 0.4) is 0 Å². The number of aromatic nitrogens is 2. The van der Waals surface area contributed by atoms with Crippen LogP contribution in [0.1, 0.15) is 23.6 Å². The molecule has 1 aromatic carbocycles. The van der Waals surface area contributed by atoms with Gasteiger partial charge in [0.1, 0.15) is 0 Å². The summed E-state index contributed by atoms with van der Waals surface area (Å²) >= 11 is 3.51. The normalized spacial score (nSPS) is 18.4. The fourth-order valence-electron chi connectivity index (χ4n) is 2.27. The summed E-state index contributed by atoms with van der Waals surface area (Å²) in [5.41, 5.74) is 3.90. The van der Waals surface area contributed by atoms with Gasteiger partial charge in [-0.3, -0.25) is 5.10 Å². The molecule has 0 saturated carbocycles. The highest BCUT2D eigenvalue weighted by Gasteiger charge is 2.22. The fraction of sp³-hybridized carbons (Fsp3) is 0.250. The van der Waals surface area contributed by atoms with Crippen molar-refractivity contribution in [3.63, 3.8) is 0 Å². The summed E-state index contributed by atoms with van der Waals surface area (Å²) in [4.78, 5) is 0. The largest absolute Gasteiger partial charge is 0.376 e. The number of aryl methyl sites for hydroxylation is 1. The van der Waals surface area contributed by atoms with Crippen LogP contribution in [-0.4, -0.2) is 10.2 Å². The second-order valence-corrected chi connectivity index (χ2v) is 4.98. The van der Waals surface area contributed by atoms with E-state index in [9.17, 15) is 0 Å². The van der Waals surface area contributed by atoms with E-state index in [1.807, 2.05) is 12.4 Å². The van der Waals surface area contributed by atoms with Gasteiger partial charge < -0.3 is 5.32 Å². The molecule has 0 saturated heterocycles. The van der Waals surface area contributed by atoms with Crippen LogP contribution in [0.2, 0.25) is 0 Å². The van der Waals surface area contributed by atoms with E-state index in [2.05, 4.69) is 49.6 Å². The number of H-pyrrole nitrogens is 1. The van der Waals surface area contributed by atoms with Gasteiger partial charge in [-0.25, -0.2) is 0 Å². The van der Waals surface area contributed by atoms with Gasteiger partial charge in [-0.15, -0.1) is 0 Å². The van der Waals surface area contributed by atoms with Crippen molar-refractivity contribution in [2.75, 3.05) is 5.32 Å². The summed E-state index contributed by atoms with van der Waals surface area (Å²) in [5, 5.41) is 10.2. The number of nitrogens with zero attached hydrogens (tertiary/aromatic N) is 1. The zero-order chi connectivity index (χ0) is 11.0. The molecule has 3 rings (SSSR count). The SMILES string of the molecule is Brc1ccc2c(c1)CCC2Nc1cn[nH]c1. The second kappa shape index (κ2) is 3.94. The van der Waals surface area contributed by atoms with Crippen LogP contribution >= 0.6 is 15.9 Å². The maximum Gasteiger partial charge on any atom is 0.0728 e. The third kappa shape index (κ3) is 1.73. The molecule has 1 aliphatic rings. The predicted molar refractivity (Wildman–Crippen MR) is 67.4 cm³/mol. The van der Waals surface area contributed by atoms with Crippen LogP contribution in [0, 0.1) is 0 Å². The number of aromatic amines is 1. The van der Waals surface area contributed by atoms with Crippen LogP contribution < -0.4 is 5.32 Å². The molecule has 4 heteroatoms. The fourth-order valence-corrected chi connectivity index (χ4v) is 2.68. The Morgan fingerprint density at radius 3 is 3.19 bits per heavy atom. The smallest absolute Gasteiger partial charge is 0.0728 e. The van der Waals surface area contributed by atoms with Crippen LogP contribution in [0.5, 0.6) is 0 Å². The first-order valence-electron chi connectivity index (χ1n) is 5.36. The van der Waals surface area contributed by atoms with Gasteiger partial charge in [0.05, 0.1) is 17.9 Å². The van der Waals surface area contributed by atoms with Crippen molar-refractivity contribution in [3.05, 3.63) is 46.2 Å². The maximum absolute atomic E-state index is 3.94. The molecule has 0 bridgehead atoms. The van der Waals surface area contributed by atoms with E-state index in [4.69, 9.17) is 0 Å². The summed E-state index contributed by atoms with van der Waals surface area (Å²) in [7, 11) is 0. The zero-order valence-corrected chi connectivity index (χ0v) is 10.3. The number of benzene rings is 1. The van der Waals surface area contributed by atoms with E-state index >= 15 is 0 Å². The Labute approximate surface area is 102 Å². The van der Waals surface area contributed by atoms with Crippen molar-refractivity contribution < 1.29 is 0 Å². The van der Waals surface area contributed by atoms with Gasteiger partial charge in [-0.2, -0.15) is 5.10 Å². The Balaban J connectivity index is 1.86. The highest BCUT2D eigenvalue weighted by atomic mass is 79.9. The molecular formula is C12H12BrN3. The minimum atomic E-state index is 0.417. The standard InChI is InChI=1S/C12H12BrN3/c13-9-2-3-11-8(5-9)1-4-12(11)16-10-6-14-15-7-10/h2-3,5-7,12,16H,1,4H2,(H,14,15). The molecular weight excluding hydrogens is 266 g/mol. The number of hydrogen-bond acceptors (Lipinski definition) is 2. The minimum absolute atomic E-state index is 0.417. The van der Waals surface area contributed by atoms with Gasteiger partial charge in [0.2, 0.25) is 0 Å². The van der Waals surface area contributed by atoms with Crippen molar-refractivity contribution in [1.82, 2.24) is 10.2 Å². The molecule has 2 aromatic rings. The first-order valence-corrected chi connectivity index (χ1v) is 6.16. The summed E-state index contributed by atoms with van der Waals surface area (Å²) in [5.74, 6) is 0. The predicted octanol–water partition coefficient (Wildman–Crippen LogP) is 3.27. The van der Waals surface area contributed by atoms with Gasteiger partial charge in [0, 0.05) is 10.7 Å². The molecule has 16 heavy (non-hydrogen) atoms. The molecule has 3 nitrogen and oxygen atoms in total. The number of hydrogen-bond donors (Lipinski definition) is 2. The third-order valence-corrected chi connectivity index (χ3v) is 3.52. The molecule has 0 spiro atoms. The molecule has 1 aliphatic carbocycles. The highest BCUT2D eigenvalue weighted by Crippen LogP contribution is 2.35. The lowest BCUT2D eigenvalue weighted by atomic mass is 10.1. The van der Waals surface area contributed by atoms with E-state index < -0.39 is 0 Å². The average molecular weight is 278 g/mol. The molecule has 2 N–H and O–H groups in total. The quantitative estimate of drug-likeness (QED) is 0.885. The second-order valence-electron chi connectivity index (χ2n) is 4.07. The Hall–Kier alpha value is -1.29. The number of halogens is 1. The van der Waals surface area contributed by atoms with E-state index in [1.54, 1.807) is 0 Å². The van der Waals surface area contributed by atoms with Gasteiger partial charge >= 0.3 is 0 Å². The van der Waals surface area contributed by atoms with E-state index in [-0.39, 0.29) is 0 Å². The summed E-state index contributed by atoms with van der Waals surface area (Å²) in [6, 6.07) is 6.94. The minimum Gasteiger partial charge on any atom is -0.376 e. The Kier molecular flexibility index (Phi) is 2.44. The van der Waals surface area contributed by atoms with E-state index in [0.29, 0.717) is 6.04 Å². The maximum atomic E-state index is 3.94. The highest BCUT2D eigenvalue weighted by molar-refractivity contribution is 9.10. The summed E-state index contributed by atoms with van der Waals surface area (Å²) in [6.07, 6.45) is 5.99. The third-order valence-electron chi connectivity index (χ3n) is 3.02. The molecule has 1 heterocycles. The average Bonchev–Trinajstić information content (AvgIpc) is 2.89. The number of fused-ring (bicyclic) bond motifs is 1. The van der Waals surface area contributed by atoms with Crippen molar-refractivity contribution in [3.8, 4) is 0 Å². The number of anilines is 1. The Morgan fingerprint density at radius 1 is 1.44 bits per heavy atom. The van der Waals surface area contributed by atoms with Crippen molar-refractivity contribution >= 4 is 21.6 Å². The van der Waals surface area contributed by atoms with Gasteiger partial charge in [0.25, 0.3) is 0 Å². The van der Waals surface area contributed by atoms with E-state index in [1.165, 1.54) is 11.1 Å². The van der Waals surface area contributed by atoms with Gasteiger partial charge in [0.15, 0.2) is 0 Å². The van der Waals surface area contributed by atoms with Gasteiger partial charge in [-0.05, 0) is 36.1 Å².